The molecule has 1 aromatic rings. The van der Waals surface area contributed by atoms with Gasteiger partial charge < -0.3 is 74.4 Å². The molecule has 21 nitrogen and oxygen atoms in total. The summed E-state index contributed by atoms with van der Waals surface area (Å²) in [6.45, 7) is -2.73. The first-order chi connectivity index (χ1) is 21.7. The zero-order valence-electron chi connectivity index (χ0n) is 23.4. The van der Waals surface area contributed by atoms with Crippen molar-refractivity contribution in [1.82, 2.24) is 0 Å². The highest BCUT2D eigenvalue weighted by atomic mass is 19.1. The fourth-order valence-electron chi connectivity index (χ4n) is 5.10. The lowest BCUT2D eigenvalue weighted by atomic mass is 9.96. The second-order valence-electron chi connectivity index (χ2n) is 10.5. The summed E-state index contributed by atoms with van der Waals surface area (Å²) in [7, 11) is 0. The van der Waals surface area contributed by atoms with Crippen LogP contribution in [0.25, 0.3) is 0 Å². The molecular formula is C24H33FN2O19. The van der Waals surface area contributed by atoms with E-state index in [1.807, 2.05) is 0 Å². The fraction of sp³-hybridized carbons (Fsp3) is 0.750. The van der Waals surface area contributed by atoms with Crippen molar-refractivity contribution in [2.45, 2.75) is 92.2 Å². The average Bonchev–Trinajstić information content (AvgIpc) is 3.03. The highest BCUT2D eigenvalue weighted by Crippen LogP contribution is 2.36. The van der Waals surface area contributed by atoms with Crippen LogP contribution < -0.4 is 4.74 Å². The van der Waals surface area contributed by atoms with Crippen LogP contribution in [0.2, 0.25) is 0 Å². The molecule has 260 valence electrons. The summed E-state index contributed by atoms with van der Waals surface area (Å²) in [6.07, 6.45) is -28.5. The third kappa shape index (κ3) is 7.19. The van der Waals surface area contributed by atoms with Gasteiger partial charge in [-0.15, -0.1) is 0 Å². The van der Waals surface area contributed by atoms with Crippen LogP contribution in [-0.4, -0.2) is 168 Å². The molecule has 3 saturated heterocycles. The number of nitro groups is 2. The van der Waals surface area contributed by atoms with E-state index in [0.29, 0.717) is 6.07 Å². The minimum atomic E-state index is -2.55. The summed E-state index contributed by atoms with van der Waals surface area (Å²) in [5.41, 5.74) is -1.60. The van der Waals surface area contributed by atoms with Crippen LogP contribution in [0.5, 0.6) is 5.75 Å². The van der Waals surface area contributed by atoms with Crippen LogP contribution >= 0.6 is 0 Å². The molecule has 0 aromatic heterocycles. The van der Waals surface area contributed by atoms with Crippen LogP contribution in [0.1, 0.15) is 0 Å². The van der Waals surface area contributed by atoms with Crippen LogP contribution in [0, 0.1) is 20.2 Å². The summed E-state index contributed by atoms with van der Waals surface area (Å²) in [5.74, 6) is -0.670. The fourth-order valence-corrected chi connectivity index (χ4v) is 5.10. The molecule has 0 bridgehead atoms. The Balaban J connectivity index is 1.46. The number of hydrogen-bond donors (Lipinski definition) is 9. The maximum Gasteiger partial charge on any atom is 0.317 e. The molecular weight excluding hydrogens is 639 g/mol. The SMILES string of the molecule is O=[N+]([O-])c1ccc(O[C@@H]2O[C@H](CO)[C@@H](O[C@@H]3O[C@H](CO)[C@@H](O[C@@H]4O[C@H](CO)[C@@H](O)[C@H](O)[C@@H]4O)[C@H](O)[C@@H]3O)[C@H](O)[C@@H]2F)c([N+](=O)[O-])c1. The van der Waals surface area contributed by atoms with Gasteiger partial charge in [0.1, 0.15) is 67.1 Å². The van der Waals surface area contributed by atoms with Crippen molar-refractivity contribution in [3.63, 3.8) is 0 Å². The van der Waals surface area contributed by atoms with Gasteiger partial charge in [-0.05, 0) is 6.07 Å². The number of halogens is 1. The molecule has 3 fully saturated rings. The first-order valence-corrected chi connectivity index (χ1v) is 13.7. The quantitative estimate of drug-likeness (QED) is 0.0787. The van der Waals surface area contributed by atoms with Gasteiger partial charge in [-0.25, -0.2) is 4.39 Å². The van der Waals surface area contributed by atoms with E-state index >= 15 is 4.39 Å². The number of alkyl halides is 1. The molecule has 22 heteroatoms. The summed E-state index contributed by atoms with van der Waals surface area (Å²) < 4.78 is 47.4. The van der Waals surface area contributed by atoms with Crippen LogP contribution in [0.3, 0.4) is 0 Å². The number of nitrogens with zero attached hydrogens (tertiary/aromatic N) is 2. The lowest BCUT2D eigenvalue weighted by molar-refractivity contribution is -0.395. The Morgan fingerprint density at radius 1 is 0.674 bits per heavy atom. The lowest BCUT2D eigenvalue weighted by Crippen LogP contribution is -2.66. The van der Waals surface area contributed by atoms with E-state index < -0.39 is 139 Å². The van der Waals surface area contributed by atoms with E-state index in [9.17, 15) is 66.2 Å². The van der Waals surface area contributed by atoms with Gasteiger partial charge in [0, 0.05) is 6.07 Å². The van der Waals surface area contributed by atoms with Crippen LogP contribution in [0.15, 0.2) is 18.2 Å². The molecule has 0 amide bonds. The summed E-state index contributed by atoms with van der Waals surface area (Å²) in [5, 5.41) is 114. The minimum Gasteiger partial charge on any atom is -0.454 e. The summed E-state index contributed by atoms with van der Waals surface area (Å²) in [6, 6.07) is 2.19. The molecule has 3 heterocycles. The van der Waals surface area contributed by atoms with E-state index in [4.69, 9.17) is 28.4 Å². The second kappa shape index (κ2) is 15.0. The minimum absolute atomic E-state index is 0.552. The molecule has 1 aromatic carbocycles. The lowest BCUT2D eigenvalue weighted by Gasteiger charge is -2.47. The number of aliphatic hydroxyl groups is 9. The molecule has 9 N–H and O–H groups in total. The smallest absolute Gasteiger partial charge is 0.317 e. The Bertz CT molecular complexity index is 1210. The topological polar surface area (TPSA) is 324 Å². The molecule has 46 heavy (non-hydrogen) atoms. The standard InChI is InChI=1S/C24H33FN2O19/c25-13-15(32)20(11(5-29)43-22(13)41-9-2-1-7(26(37)38)3-8(9)27(39)40)45-24-19(36)17(34)21(12(6-30)44-24)46-23-18(35)16(33)14(31)10(4-28)42-23/h1-3,10-24,28-36H,4-6H2/t10-,11-,12-,13+,14-,15-,16+,17-,18+,19+,20-,21-,22-,23+,24+/m1/s1. The van der Waals surface area contributed by atoms with Gasteiger partial charge >= 0.3 is 5.69 Å². The van der Waals surface area contributed by atoms with Crippen molar-refractivity contribution in [3.05, 3.63) is 38.4 Å². The number of non-ortho nitro benzene ring substituents is 1. The Hall–Kier alpha value is -2.81. The zero-order chi connectivity index (χ0) is 34.0. The zero-order valence-corrected chi connectivity index (χ0v) is 23.4. The monoisotopic (exact) mass is 672 g/mol. The molecule has 0 aliphatic carbocycles. The van der Waals surface area contributed by atoms with Gasteiger partial charge in [0.25, 0.3) is 5.69 Å². The van der Waals surface area contributed by atoms with Gasteiger partial charge in [-0.2, -0.15) is 0 Å². The Labute approximate surface area is 256 Å². The molecule has 3 aliphatic rings. The molecule has 0 spiro atoms. The Morgan fingerprint density at radius 2 is 1.17 bits per heavy atom. The molecule has 4 rings (SSSR count). The number of nitro benzene ring substituents is 2. The molecule has 0 unspecified atom stereocenters. The van der Waals surface area contributed by atoms with Crippen LogP contribution in [0.4, 0.5) is 15.8 Å². The predicted octanol–water partition coefficient (Wildman–Crippen LogP) is -4.69. The van der Waals surface area contributed by atoms with Crippen molar-refractivity contribution in [3.8, 4) is 5.75 Å². The predicted molar refractivity (Wildman–Crippen MR) is 138 cm³/mol. The van der Waals surface area contributed by atoms with Crippen molar-refractivity contribution < 1.29 is 88.6 Å². The van der Waals surface area contributed by atoms with E-state index in [1.165, 1.54) is 0 Å². The third-order valence-electron chi connectivity index (χ3n) is 7.62. The second-order valence-corrected chi connectivity index (χ2v) is 10.5. The first kappa shape index (κ1) is 36.0. The van der Waals surface area contributed by atoms with E-state index in [1.54, 1.807) is 0 Å². The largest absolute Gasteiger partial charge is 0.454 e. The highest BCUT2D eigenvalue weighted by molar-refractivity contribution is 5.53. The van der Waals surface area contributed by atoms with Crippen molar-refractivity contribution >= 4 is 11.4 Å². The van der Waals surface area contributed by atoms with E-state index in [0.717, 1.165) is 12.1 Å². The number of rotatable bonds is 11. The highest BCUT2D eigenvalue weighted by Gasteiger charge is 2.54. The maximum absolute atomic E-state index is 15.3. The molecule has 3 aliphatic heterocycles. The number of ether oxygens (including phenoxy) is 6. The molecule has 0 saturated carbocycles. The van der Waals surface area contributed by atoms with Crippen LogP contribution in [-0.2, 0) is 23.7 Å². The van der Waals surface area contributed by atoms with Crippen molar-refractivity contribution in [1.29, 1.82) is 0 Å². The summed E-state index contributed by atoms with van der Waals surface area (Å²) in [4.78, 5) is 20.4. The average molecular weight is 673 g/mol. The number of benzene rings is 1. The van der Waals surface area contributed by atoms with E-state index in [-0.39, 0.29) is 0 Å². The van der Waals surface area contributed by atoms with Gasteiger partial charge in [0.2, 0.25) is 12.0 Å². The molecule has 15 atom stereocenters. The summed E-state index contributed by atoms with van der Waals surface area (Å²) >= 11 is 0. The van der Waals surface area contributed by atoms with Crippen molar-refractivity contribution in [2.75, 3.05) is 19.8 Å². The third-order valence-corrected chi connectivity index (χ3v) is 7.62. The van der Waals surface area contributed by atoms with Gasteiger partial charge in [-0.1, -0.05) is 0 Å². The number of aliphatic hydroxyl groups excluding tert-OH is 9. The van der Waals surface area contributed by atoms with Gasteiger partial charge in [0.15, 0.2) is 18.8 Å². The first-order valence-electron chi connectivity index (χ1n) is 13.7. The Morgan fingerprint density at radius 3 is 1.70 bits per heavy atom. The molecule has 0 radical (unpaired) electrons. The normalized spacial score (nSPS) is 41.6. The Kier molecular flexibility index (Phi) is 11.7. The number of hydrogen-bond acceptors (Lipinski definition) is 19. The van der Waals surface area contributed by atoms with Gasteiger partial charge in [0.05, 0.1) is 35.7 Å². The maximum atomic E-state index is 15.3. The van der Waals surface area contributed by atoms with Crippen molar-refractivity contribution in [2.24, 2.45) is 0 Å². The van der Waals surface area contributed by atoms with Gasteiger partial charge in [-0.3, -0.25) is 20.2 Å². The van der Waals surface area contributed by atoms with E-state index in [2.05, 4.69) is 0 Å².